The molecule has 2 atom stereocenters. The summed E-state index contributed by atoms with van der Waals surface area (Å²) in [6.45, 7) is 16.7. The van der Waals surface area contributed by atoms with Crippen LogP contribution < -0.4 is 0 Å². The molecule has 1 fully saturated rings. The number of likely N-dealkylation sites (tertiary alicyclic amines) is 1. The van der Waals surface area contributed by atoms with Gasteiger partial charge in [0.25, 0.3) is 5.91 Å². The molecule has 0 bridgehead atoms. The molecule has 1 aromatic heterocycles. The molecule has 5 nitrogen and oxygen atoms in total. The van der Waals surface area contributed by atoms with Crippen molar-refractivity contribution in [1.82, 2.24) is 4.90 Å². The zero-order valence-corrected chi connectivity index (χ0v) is 18.9. The van der Waals surface area contributed by atoms with Crippen LogP contribution in [0.5, 0.6) is 0 Å². The van der Waals surface area contributed by atoms with Gasteiger partial charge in [-0.1, -0.05) is 54.2 Å². The second-order valence-corrected chi connectivity index (χ2v) is 14.1. The summed E-state index contributed by atoms with van der Waals surface area (Å²) in [5.41, 5.74) is 1.99. The number of carbonyl (C=O) groups is 2. The Hall–Kier alpha value is -1.44. The third kappa shape index (κ3) is 3.91. The normalized spacial score (nSPS) is 20.3. The first-order valence-electron chi connectivity index (χ1n) is 9.49. The van der Waals surface area contributed by atoms with Crippen molar-refractivity contribution >= 4 is 31.7 Å². The van der Waals surface area contributed by atoms with E-state index < -0.39 is 26.6 Å². The van der Waals surface area contributed by atoms with Gasteiger partial charge in [0.1, 0.15) is 12.6 Å². The molecule has 1 aromatic rings. The van der Waals surface area contributed by atoms with Crippen LogP contribution in [-0.2, 0) is 14.0 Å². The Morgan fingerprint density at radius 2 is 1.85 bits per heavy atom. The molecule has 2 amide bonds. The zero-order chi connectivity index (χ0) is 20.4. The summed E-state index contributed by atoms with van der Waals surface area (Å²) in [7, 11) is -2.26. The smallest absolute Gasteiger partial charge is 0.417 e. The fourth-order valence-corrected chi connectivity index (χ4v) is 10.6. The lowest BCUT2D eigenvalue weighted by molar-refractivity contribution is -0.161. The van der Waals surface area contributed by atoms with Crippen molar-refractivity contribution in [2.24, 2.45) is 0 Å². The number of thiophene rings is 1. The number of hydrogen-bond acceptors (Lipinski definition) is 5. The van der Waals surface area contributed by atoms with Gasteiger partial charge >= 0.3 is 6.09 Å². The number of carbonyl (C=O) groups excluding carboxylic acids is 2. The first kappa shape index (κ1) is 21.9. The van der Waals surface area contributed by atoms with Crippen molar-refractivity contribution in [3.63, 3.8) is 0 Å². The monoisotopic (exact) mass is 409 g/mol. The molecule has 0 spiro atoms. The highest BCUT2D eigenvalue weighted by molar-refractivity contribution is 7.08. The minimum Gasteiger partial charge on any atom is -0.445 e. The highest BCUT2D eigenvalue weighted by atomic mass is 32.1. The number of ether oxygens (including phenoxy) is 1. The van der Waals surface area contributed by atoms with Crippen molar-refractivity contribution in [1.29, 1.82) is 0 Å². The molecule has 27 heavy (non-hydrogen) atoms. The fourth-order valence-electron chi connectivity index (χ4n) is 4.38. The quantitative estimate of drug-likeness (QED) is 0.322. The molecule has 7 heteroatoms. The van der Waals surface area contributed by atoms with Crippen LogP contribution in [0.3, 0.4) is 0 Å². The van der Waals surface area contributed by atoms with E-state index in [9.17, 15) is 9.59 Å². The van der Waals surface area contributed by atoms with Gasteiger partial charge in [0, 0.05) is 0 Å². The third-order valence-electron chi connectivity index (χ3n) is 5.49. The number of imide groups is 1. The molecular formula is C20H31NO4SSi. The maximum Gasteiger partial charge on any atom is 0.417 e. The van der Waals surface area contributed by atoms with Gasteiger partial charge in [0.2, 0.25) is 8.32 Å². The molecule has 1 aliphatic rings. The van der Waals surface area contributed by atoms with Crippen LogP contribution in [0.15, 0.2) is 29.5 Å². The van der Waals surface area contributed by atoms with E-state index >= 15 is 0 Å². The number of rotatable bonds is 8. The van der Waals surface area contributed by atoms with Gasteiger partial charge in [0.05, 0.1) is 0 Å². The molecule has 0 aromatic carbocycles. The van der Waals surface area contributed by atoms with Crippen LogP contribution in [0.25, 0.3) is 0 Å². The fraction of sp³-hybridized carbons (Fsp3) is 0.600. The molecule has 0 N–H and O–H groups in total. The van der Waals surface area contributed by atoms with Crippen molar-refractivity contribution in [2.75, 3.05) is 6.61 Å². The topological polar surface area (TPSA) is 55.8 Å². The first-order chi connectivity index (χ1) is 12.7. The summed E-state index contributed by atoms with van der Waals surface area (Å²) in [5.74, 6) is -0.306. The highest BCUT2D eigenvalue weighted by Gasteiger charge is 2.58. The standard InChI is InChI=1S/C20H31NO4SSi/c1-8-10-24-20(23)21-17(16-9-11-26-12-16)18(19(21)22)25-27(13(2)3,14(4)5)15(6)7/h8-9,11-15,17-18H,1,10H2,2-7H3/t17-,18+/m0/s1. The van der Waals surface area contributed by atoms with E-state index in [1.54, 1.807) is 0 Å². The van der Waals surface area contributed by atoms with Gasteiger partial charge < -0.3 is 9.16 Å². The summed E-state index contributed by atoms with van der Waals surface area (Å²) in [5, 5.41) is 3.91. The summed E-state index contributed by atoms with van der Waals surface area (Å²) in [6, 6.07) is 1.51. The van der Waals surface area contributed by atoms with Gasteiger partial charge in [0.15, 0.2) is 6.10 Å². The molecule has 2 rings (SSSR count). The van der Waals surface area contributed by atoms with Gasteiger partial charge in [-0.25, -0.2) is 9.69 Å². The van der Waals surface area contributed by atoms with Crippen LogP contribution in [0.4, 0.5) is 4.79 Å². The number of hydrogen-bond donors (Lipinski definition) is 0. The molecular weight excluding hydrogens is 378 g/mol. The molecule has 1 aliphatic heterocycles. The Kier molecular flexibility index (Phi) is 7.05. The Bertz CT molecular complexity index is 650. The Morgan fingerprint density at radius 3 is 2.30 bits per heavy atom. The maximum absolute atomic E-state index is 12.9. The summed E-state index contributed by atoms with van der Waals surface area (Å²) >= 11 is 1.54. The number of β-lactam (4-membered cyclic amide) rings is 1. The maximum atomic E-state index is 12.9. The summed E-state index contributed by atoms with van der Waals surface area (Å²) < 4.78 is 11.8. The molecule has 0 aliphatic carbocycles. The van der Waals surface area contributed by atoms with Crippen molar-refractivity contribution in [3.05, 3.63) is 35.0 Å². The SMILES string of the molecule is C=CCOC(=O)N1C(=O)[C@H](O[Si](C(C)C)(C(C)C)C(C)C)[C@@H]1c1ccsc1. The van der Waals surface area contributed by atoms with Gasteiger partial charge in [-0.3, -0.25) is 4.79 Å². The van der Waals surface area contributed by atoms with Crippen molar-refractivity contribution < 1.29 is 18.8 Å². The van der Waals surface area contributed by atoms with Gasteiger partial charge in [-0.05, 0) is 39.0 Å². The van der Waals surface area contributed by atoms with E-state index in [-0.39, 0.29) is 12.5 Å². The largest absolute Gasteiger partial charge is 0.445 e. The highest BCUT2D eigenvalue weighted by Crippen LogP contribution is 2.48. The first-order valence-corrected chi connectivity index (χ1v) is 12.6. The Morgan fingerprint density at radius 1 is 1.26 bits per heavy atom. The minimum atomic E-state index is -2.26. The molecule has 150 valence electrons. The number of nitrogens with zero attached hydrogens (tertiary/aromatic N) is 1. The Balaban J connectivity index is 2.36. The lowest BCUT2D eigenvalue weighted by Gasteiger charge is -2.51. The lowest BCUT2D eigenvalue weighted by Crippen LogP contribution is -2.66. The zero-order valence-electron chi connectivity index (χ0n) is 17.1. The predicted octanol–water partition coefficient (Wildman–Crippen LogP) is 5.51. The van der Waals surface area contributed by atoms with E-state index in [2.05, 4.69) is 48.1 Å². The van der Waals surface area contributed by atoms with E-state index in [1.807, 2.05) is 16.8 Å². The molecule has 0 saturated carbocycles. The minimum absolute atomic E-state index is 0.0766. The van der Waals surface area contributed by atoms with Crippen LogP contribution in [0.1, 0.15) is 53.1 Å². The third-order valence-corrected chi connectivity index (χ3v) is 12.3. The van der Waals surface area contributed by atoms with E-state index in [0.29, 0.717) is 16.6 Å². The molecule has 0 unspecified atom stereocenters. The van der Waals surface area contributed by atoms with Crippen molar-refractivity contribution in [2.45, 2.75) is 70.3 Å². The molecule has 1 saturated heterocycles. The predicted molar refractivity (Wildman–Crippen MR) is 111 cm³/mol. The van der Waals surface area contributed by atoms with Crippen molar-refractivity contribution in [3.8, 4) is 0 Å². The average molecular weight is 410 g/mol. The average Bonchev–Trinajstić information content (AvgIpc) is 3.10. The van der Waals surface area contributed by atoms with E-state index in [1.165, 1.54) is 22.3 Å². The van der Waals surface area contributed by atoms with E-state index in [0.717, 1.165) is 5.56 Å². The van der Waals surface area contributed by atoms with Gasteiger partial charge in [-0.15, -0.1) is 0 Å². The summed E-state index contributed by atoms with van der Waals surface area (Å²) in [6.07, 6.45) is 0.223. The van der Waals surface area contributed by atoms with Crippen LogP contribution in [0, 0.1) is 0 Å². The second kappa shape index (κ2) is 8.71. The van der Waals surface area contributed by atoms with Gasteiger partial charge in [-0.2, -0.15) is 11.3 Å². The second-order valence-electron chi connectivity index (χ2n) is 7.93. The van der Waals surface area contributed by atoms with Crippen LogP contribution in [0.2, 0.25) is 16.6 Å². The Labute approximate surface area is 167 Å². The van der Waals surface area contributed by atoms with Crippen LogP contribution in [-0.4, -0.2) is 37.9 Å². The number of amides is 2. The van der Waals surface area contributed by atoms with Crippen LogP contribution >= 0.6 is 11.3 Å². The van der Waals surface area contributed by atoms with E-state index in [4.69, 9.17) is 9.16 Å². The molecule has 2 heterocycles. The lowest BCUT2D eigenvalue weighted by atomic mass is 9.93. The molecule has 0 radical (unpaired) electrons. The summed E-state index contributed by atoms with van der Waals surface area (Å²) in [4.78, 5) is 26.5.